The number of nitrogens with zero attached hydrogens (tertiary/aromatic N) is 2. The molecule has 2 aromatic rings. The van der Waals surface area contributed by atoms with Crippen molar-refractivity contribution in [3.8, 4) is 0 Å². The summed E-state index contributed by atoms with van der Waals surface area (Å²) in [5, 5.41) is 5.31. The van der Waals surface area contributed by atoms with Crippen molar-refractivity contribution in [3.63, 3.8) is 0 Å². The molecule has 2 aliphatic heterocycles. The Balaban J connectivity index is 0.00000109. The van der Waals surface area contributed by atoms with E-state index in [-0.39, 0.29) is 6.23 Å². The zero-order valence-electron chi connectivity index (χ0n) is 17.2. The number of carbonyl (C=O) groups is 1. The summed E-state index contributed by atoms with van der Waals surface area (Å²) in [5.74, 6) is 0. The fourth-order valence-electron chi connectivity index (χ4n) is 3.53. The van der Waals surface area contributed by atoms with Gasteiger partial charge in [0.2, 0.25) is 0 Å². The van der Waals surface area contributed by atoms with Crippen molar-refractivity contribution in [1.82, 2.24) is 9.78 Å². The minimum atomic E-state index is -0.460. The zero-order chi connectivity index (χ0) is 20.5. The first-order valence-electron chi connectivity index (χ1n) is 9.65. The lowest BCUT2D eigenvalue weighted by molar-refractivity contribution is -0.0367. The molecule has 0 bridgehead atoms. The third-order valence-electron chi connectivity index (χ3n) is 5.82. The van der Waals surface area contributed by atoms with Crippen LogP contribution in [-0.2, 0) is 14.0 Å². The summed E-state index contributed by atoms with van der Waals surface area (Å²) in [6.45, 7) is 8.84. The fraction of sp³-hybridized carbons (Fsp3) is 0.600. The van der Waals surface area contributed by atoms with Gasteiger partial charge >= 0.3 is 7.12 Å². The summed E-state index contributed by atoms with van der Waals surface area (Å²) in [7, 11) is -0.460. The quantitative estimate of drug-likeness (QED) is 0.278. The lowest BCUT2D eigenvalue weighted by Crippen LogP contribution is -2.41. The van der Waals surface area contributed by atoms with Crippen LogP contribution >= 0.6 is 22.6 Å². The highest BCUT2D eigenvalue weighted by atomic mass is 127. The molecule has 1 unspecified atom stereocenters. The van der Waals surface area contributed by atoms with E-state index < -0.39 is 18.3 Å². The summed E-state index contributed by atoms with van der Waals surface area (Å²) < 4.78 is 20.0. The van der Waals surface area contributed by atoms with Gasteiger partial charge in [-0.15, -0.1) is 0 Å². The van der Waals surface area contributed by atoms with Gasteiger partial charge in [0.1, 0.15) is 5.69 Å². The molecule has 0 amide bonds. The average Bonchev–Trinajstić information content (AvgIpc) is 3.17. The van der Waals surface area contributed by atoms with E-state index in [1.54, 1.807) is 0 Å². The normalized spacial score (nSPS) is 23.4. The van der Waals surface area contributed by atoms with Gasteiger partial charge in [0, 0.05) is 12.0 Å². The fourth-order valence-corrected chi connectivity index (χ4v) is 3.53. The first kappa shape index (κ1) is 21.7. The average molecular weight is 498 g/mol. The predicted octanol–water partition coefficient (Wildman–Crippen LogP) is 3.90. The Hall–Kier alpha value is -0.965. The molecule has 0 aliphatic carbocycles. The first-order chi connectivity index (χ1) is 13.3. The zero-order valence-corrected chi connectivity index (χ0v) is 19.4. The van der Waals surface area contributed by atoms with Crippen LogP contribution < -0.4 is 5.46 Å². The number of hydrogen-bond donors (Lipinski definition) is 0. The van der Waals surface area contributed by atoms with Gasteiger partial charge in [0.15, 0.2) is 12.5 Å². The number of aldehydes is 1. The maximum Gasteiger partial charge on any atom is 0.494 e. The number of aromatic nitrogens is 2. The molecule has 1 aromatic carbocycles. The molecule has 2 aliphatic rings. The van der Waals surface area contributed by atoms with Gasteiger partial charge in [-0.1, -0.05) is 34.7 Å². The summed E-state index contributed by atoms with van der Waals surface area (Å²) in [4.78, 5) is 13.5. The molecule has 0 saturated carbocycles. The predicted molar refractivity (Wildman–Crippen MR) is 120 cm³/mol. The number of ether oxygens (including phenoxy) is 1. The number of carbonyl (C=O) groups excluding carboxylic acids is 1. The molecule has 2 saturated heterocycles. The van der Waals surface area contributed by atoms with Crippen LogP contribution in [0.5, 0.6) is 0 Å². The Kier molecular flexibility index (Phi) is 6.53. The van der Waals surface area contributed by atoms with Crippen molar-refractivity contribution in [2.75, 3.05) is 11.5 Å². The second kappa shape index (κ2) is 8.42. The molecule has 0 spiro atoms. The Morgan fingerprint density at radius 1 is 1.18 bits per heavy atom. The Morgan fingerprint density at radius 3 is 2.43 bits per heavy atom. The van der Waals surface area contributed by atoms with Crippen molar-refractivity contribution >= 4 is 52.4 Å². The van der Waals surface area contributed by atoms with E-state index in [4.69, 9.17) is 14.0 Å². The van der Waals surface area contributed by atoms with E-state index in [0.29, 0.717) is 5.69 Å². The molecular formula is C20H28BIN2O4. The number of benzene rings is 1. The highest BCUT2D eigenvalue weighted by molar-refractivity contribution is 14.1. The molecule has 152 valence electrons. The van der Waals surface area contributed by atoms with E-state index in [2.05, 4.69) is 27.7 Å². The highest BCUT2D eigenvalue weighted by Crippen LogP contribution is 2.37. The maximum absolute atomic E-state index is 11.6. The minimum Gasteiger partial charge on any atom is -0.399 e. The van der Waals surface area contributed by atoms with E-state index in [1.807, 2.05) is 55.5 Å². The van der Waals surface area contributed by atoms with Gasteiger partial charge in [0.25, 0.3) is 0 Å². The van der Waals surface area contributed by atoms with E-state index in [9.17, 15) is 4.79 Å². The molecule has 3 heterocycles. The number of rotatable bonds is 3. The third-order valence-corrected chi connectivity index (χ3v) is 5.82. The molecule has 0 N–H and O–H groups in total. The van der Waals surface area contributed by atoms with Crippen LogP contribution in [0.4, 0.5) is 0 Å². The molecule has 6 nitrogen and oxygen atoms in total. The van der Waals surface area contributed by atoms with E-state index in [1.165, 1.54) is 0 Å². The Morgan fingerprint density at radius 2 is 1.86 bits per heavy atom. The second-order valence-corrected chi connectivity index (χ2v) is 8.13. The van der Waals surface area contributed by atoms with Crippen LogP contribution in [0.2, 0.25) is 0 Å². The van der Waals surface area contributed by atoms with Gasteiger partial charge in [-0.05, 0) is 63.4 Å². The number of hydrogen-bond acceptors (Lipinski definition) is 5. The van der Waals surface area contributed by atoms with Crippen LogP contribution in [0, 0.1) is 0 Å². The van der Waals surface area contributed by atoms with E-state index >= 15 is 0 Å². The lowest BCUT2D eigenvalue weighted by Gasteiger charge is -2.32. The molecule has 4 rings (SSSR count). The molecule has 28 heavy (non-hydrogen) atoms. The topological polar surface area (TPSA) is 62.6 Å². The maximum atomic E-state index is 11.6. The molecule has 1 aromatic heterocycles. The minimum absolute atomic E-state index is 0.109. The molecular weight excluding hydrogens is 470 g/mol. The Labute approximate surface area is 180 Å². The summed E-state index contributed by atoms with van der Waals surface area (Å²) in [5.41, 5.74) is 1.41. The van der Waals surface area contributed by atoms with Crippen LogP contribution in [0.15, 0.2) is 18.2 Å². The Bertz CT molecular complexity index is 830. The highest BCUT2D eigenvalue weighted by Gasteiger charge is 2.51. The van der Waals surface area contributed by atoms with Crippen LogP contribution in [-0.4, -0.2) is 45.9 Å². The van der Waals surface area contributed by atoms with Gasteiger partial charge in [-0.3, -0.25) is 4.79 Å². The van der Waals surface area contributed by atoms with Crippen molar-refractivity contribution in [2.24, 2.45) is 0 Å². The SMILES string of the molecule is CC1(C)OB(c2ccc3c(c2)c(C=O)nn3C2CCCCO2)OC1(C)C.CI. The van der Waals surface area contributed by atoms with Crippen LogP contribution in [0.3, 0.4) is 0 Å². The van der Waals surface area contributed by atoms with Crippen LogP contribution in [0.1, 0.15) is 63.7 Å². The van der Waals surface area contributed by atoms with Gasteiger partial charge in [-0.25, -0.2) is 4.68 Å². The van der Waals surface area contributed by atoms with Gasteiger partial charge < -0.3 is 14.0 Å². The largest absolute Gasteiger partial charge is 0.494 e. The summed E-state index contributed by atoms with van der Waals surface area (Å²) >= 11 is 2.15. The first-order valence-corrected chi connectivity index (χ1v) is 11.8. The number of halogens is 1. The molecule has 1 atom stereocenters. The van der Waals surface area contributed by atoms with Crippen LogP contribution in [0.25, 0.3) is 10.9 Å². The van der Waals surface area contributed by atoms with Crippen molar-refractivity contribution in [3.05, 3.63) is 23.9 Å². The lowest BCUT2D eigenvalue weighted by atomic mass is 9.78. The smallest absolute Gasteiger partial charge is 0.399 e. The standard InChI is InChI=1S/C19H25BN2O4.CH3I/c1-18(2)19(3,4)26-20(25-18)13-8-9-16-14(11-13)15(12-23)21-22(16)17-7-5-6-10-24-17;1-2/h8-9,11-12,17H,5-7,10H2,1-4H3;1H3. The summed E-state index contributed by atoms with van der Waals surface area (Å²) in [6, 6.07) is 5.92. The van der Waals surface area contributed by atoms with Crippen molar-refractivity contribution in [2.45, 2.75) is 64.4 Å². The van der Waals surface area contributed by atoms with Gasteiger partial charge in [-0.2, -0.15) is 5.10 Å². The molecule has 0 radical (unpaired) electrons. The van der Waals surface area contributed by atoms with Gasteiger partial charge in [0.05, 0.1) is 16.7 Å². The molecule has 8 heteroatoms. The summed E-state index contributed by atoms with van der Waals surface area (Å²) in [6.07, 6.45) is 3.78. The molecule has 2 fully saturated rings. The van der Waals surface area contributed by atoms with E-state index in [0.717, 1.165) is 48.5 Å². The monoisotopic (exact) mass is 498 g/mol. The third kappa shape index (κ3) is 3.88. The second-order valence-electron chi connectivity index (χ2n) is 8.13. The number of alkyl halides is 1. The van der Waals surface area contributed by atoms with Crippen molar-refractivity contribution in [1.29, 1.82) is 0 Å². The van der Waals surface area contributed by atoms with Crippen molar-refractivity contribution < 1.29 is 18.8 Å². The number of fused-ring (bicyclic) bond motifs is 1.